The van der Waals surface area contributed by atoms with E-state index in [2.05, 4.69) is 53.2 Å². The van der Waals surface area contributed by atoms with Crippen LogP contribution in [0.5, 0.6) is 0 Å². The first-order valence-electron chi connectivity index (χ1n) is 5.72. The summed E-state index contributed by atoms with van der Waals surface area (Å²) in [5, 5.41) is 1.50. The van der Waals surface area contributed by atoms with Crippen molar-refractivity contribution in [3.8, 4) is 0 Å². The molecule has 0 atom stereocenters. The minimum absolute atomic E-state index is 1.09. The highest BCUT2D eigenvalue weighted by Gasteiger charge is 2.23. The molecule has 0 aliphatic carbocycles. The second kappa shape index (κ2) is 5.10. The molecule has 2 nitrogen and oxygen atoms in total. The van der Waals surface area contributed by atoms with Crippen molar-refractivity contribution in [3.05, 3.63) is 43.0 Å². The molecule has 17 heavy (non-hydrogen) atoms. The minimum Gasteiger partial charge on any atom is -0.340 e. The summed E-state index contributed by atoms with van der Waals surface area (Å²) in [6.07, 6.45) is 9.01. The Morgan fingerprint density at radius 3 is 2.47 bits per heavy atom. The molecule has 0 unspecified atom stereocenters. The van der Waals surface area contributed by atoms with Crippen LogP contribution in [-0.2, 0) is 6.17 Å². The third kappa shape index (κ3) is 3.01. The molecular formula is C13H18N2SSi. The Morgan fingerprint density at radius 1 is 1.24 bits per heavy atom. The van der Waals surface area contributed by atoms with E-state index in [4.69, 9.17) is 0 Å². The van der Waals surface area contributed by atoms with Crippen molar-refractivity contribution in [1.82, 2.24) is 9.55 Å². The van der Waals surface area contributed by atoms with Crippen LogP contribution in [0.25, 0.3) is 0 Å². The second-order valence-corrected chi connectivity index (χ2v) is 10.4. The maximum Gasteiger partial charge on any atom is 0.102 e. The summed E-state index contributed by atoms with van der Waals surface area (Å²) in [6, 6.07) is 9.02. The van der Waals surface area contributed by atoms with Crippen LogP contribution >= 0.6 is 11.8 Å². The highest BCUT2D eigenvalue weighted by atomic mass is 32.2. The van der Waals surface area contributed by atoms with E-state index in [0.29, 0.717) is 0 Å². The van der Waals surface area contributed by atoms with Crippen LogP contribution in [0.1, 0.15) is 0 Å². The molecule has 90 valence electrons. The molecule has 4 heteroatoms. The number of imidazole rings is 1. The number of aromatic nitrogens is 2. The molecule has 1 heterocycles. The lowest BCUT2D eigenvalue weighted by Gasteiger charge is -2.23. The van der Waals surface area contributed by atoms with Crippen LogP contribution in [0.3, 0.4) is 0 Å². The van der Waals surface area contributed by atoms with E-state index in [1.54, 1.807) is 11.8 Å². The first-order valence-corrected chi connectivity index (χ1v) is 10.2. The molecule has 0 N–H and O–H groups in total. The largest absolute Gasteiger partial charge is 0.340 e. The lowest BCUT2D eigenvalue weighted by molar-refractivity contribution is 0.855. The van der Waals surface area contributed by atoms with Crippen LogP contribution in [0, 0.1) is 0 Å². The number of thioether (sulfide) groups is 1. The summed E-state index contributed by atoms with van der Waals surface area (Å²) in [5.41, 5.74) is 0. The smallest absolute Gasteiger partial charge is 0.102 e. The molecule has 0 aliphatic rings. The first-order chi connectivity index (χ1) is 8.12. The highest BCUT2D eigenvalue weighted by Crippen LogP contribution is 2.14. The van der Waals surface area contributed by atoms with Crippen molar-refractivity contribution < 1.29 is 0 Å². The fourth-order valence-corrected chi connectivity index (χ4v) is 4.73. The van der Waals surface area contributed by atoms with Crippen LogP contribution in [0.2, 0.25) is 13.1 Å². The van der Waals surface area contributed by atoms with Crippen LogP contribution < -0.4 is 5.19 Å². The SMILES string of the molecule is CSc1ccc([Si](C)(C)Cn2ccnc2)cc1. The van der Waals surface area contributed by atoms with E-state index < -0.39 is 8.07 Å². The summed E-state index contributed by atoms with van der Waals surface area (Å²) in [6.45, 7) is 4.81. The topological polar surface area (TPSA) is 17.8 Å². The zero-order valence-corrected chi connectivity index (χ0v) is 12.4. The van der Waals surface area contributed by atoms with Gasteiger partial charge in [-0.15, -0.1) is 11.8 Å². The highest BCUT2D eigenvalue weighted by molar-refractivity contribution is 7.98. The standard InChI is InChI=1S/C13H18N2SSi/c1-16-12-4-6-13(7-5-12)17(2,3)11-15-9-8-14-10-15/h4-10H,11H2,1-3H3. The van der Waals surface area contributed by atoms with Gasteiger partial charge in [-0.1, -0.05) is 30.4 Å². The number of benzene rings is 1. The normalized spacial score (nSPS) is 11.7. The molecule has 0 aliphatic heterocycles. The van der Waals surface area contributed by atoms with Crippen molar-refractivity contribution in [1.29, 1.82) is 0 Å². The van der Waals surface area contributed by atoms with Gasteiger partial charge in [0.1, 0.15) is 8.07 Å². The fraction of sp³-hybridized carbons (Fsp3) is 0.308. The summed E-state index contributed by atoms with van der Waals surface area (Å²) in [4.78, 5) is 5.44. The van der Waals surface area contributed by atoms with E-state index in [1.165, 1.54) is 10.1 Å². The van der Waals surface area contributed by atoms with Crippen LogP contribution in [0.4, 0.5) is 0 Å². The monoisotopic (exact) mass is 262 g/mol. The molecule has 0 amide bonds. The lowest BCUT2D eigenvalue weighted by Crippen LogP contribution is -2.45. The van der Waals surface area contributed by atoms with E-state index in [9.17, 15) is 0 Å². The van der Waals surface area contributed by atoms with Gasteiger partial charge in [0, 0.05) is 23.5 Å². The Morgan fingerprint density at radius 2 is 1.94 bits per heavy atom. The first kappa shape index (κ1) is 12.5. The van der Waals surface area contributed by atoms with Crippen molar-refractivity contribution >= 4 is 25.0 Å². The Hall–Kier alpha value is -1.00. The fourth-order valence-electron chi connectivity index (χ4n) is 1.97. The van der Waals surface area contributed by atoms with Crippen molar-refractivity contribution in [3.63, 3.8) is 0 Å². The molecule has 2 rings (SSSR count). The number of hydrogen-bond acceptors (Lipinski definition) is 2. The molecule has 0 saturated carbocycles. The maximum absolute atomic E-state index is 4.11. The van der Waals surface area contributed by atoms with Gasteiger partial charge in [0.05, 0.1) is 6.33 Å². The molecule has 0 bridgehead atoms. The molecule has 1 aromatic heterocycles. The zero-order chi connectivity index (χ0) is 12.3. The minimum atomic E-state index is -1.41. The summed E-state index contributed by atoms with van der Waals surface area (Å²) >= 11 is 1.79. The molecular weight excluding hydrogens is 244 g/mol. The predicted octanol–water partition coefficient (Wildman–Crippen LogP) is 2.76. The third-order valence-electron chi connectivity index (χ3n) is 3.01. The average molecular weight is 262 g/mol. The Bertz CT molecular complexity index is 463. The lowest BCUT2D eigenvalue weighted by atomic mass is 10.4. The average Bonchev–Trinajstić information content (AvgIpc) is 2.81. The van der Waals surface area contributed by atoms with E-state index >= 15 is 0 Å². The van der Waals surface area contributed by atoms with Gasteiger partial charge >= 0.3 is 0 Å². The maximum atomic E-state index is 4.11. The van der Waals surface area contributed by atoms with Gasteiger partial charge in [-0.25, -0.2) is 4.98 Å². The van der Waals surface area contributed by atoms with E-state index in [-0.39, 0.29) is 0 Å². The Kier molecular flexibility index (Phi) is 3.74. The summed E-state index contributed by atoms with van der Waals surface area (Å²) in [7, 11) is -1.41. The van der Waals surface area contributed by atoms with Gasteiger partial charge in [-0.2, -0.15) is 0 Å². The molecule has 0 radical (unpaired) electrons. The Labute approximate surface area is 108 Å². The van der Waals surface area contributed by atoms with Crippen LogP contribution in [-0.4, -0.2) is 23.9 Å². The van der Waals surface area contributed by atoms with E-state index in [1.807, 2.05) is 18.7 Å². The van der Waals surface area contributed by atoms with Gasteiger partial charge in [0.2, 0.25) is 0 Å². The van der Waals surface area contributed by atoms with Gasteiger partial charge in [0.25, 0.3) is 0 Å². The van der Waals surface area contributed by atoms with E-state index in [0.717, 1.165) is 6.17 Å². The third-order valence-corrected chi connectivity index (χ3v) is 6.80. The van der Waals surface area contributed by atoms with Crippen LogP contribution in [0.15, 0.2) is 47.9 Å². The molecule has 0 spiro atoms. The predicted molar refractivity (Wildman–Crippen MR) is 77.6 cm³/mol. The van der Waals surface area contributed by atoms with Gasteiger partial charge in [-0.05, 0) is 18.4 Å². The van der Waals surface area contributed by atoms with Crippen molar-refractivity contribution in [2.45, 2.75) is 24.2 Å². The van der Waals surface area contributed by atoms with Gasteiger partial charge in [0.15, 0.2) is 0 Å². The summed E-state index contributed by atoms with van der Waals surface area (Å²) < 4.78 is 2.19. The second-order valence-electron chi connectivity index (χ2n) is 4.85. The number of hydrogen-bond donors (Lipinski definition) is 0. The number of nitrogens with zero attached hydrogens (tertiary/aromatic N) is 2. The van der Waals surface area contributed by atoms with Crippen molar-refractivity contribution in [2.24, 2.45) is 0 Å². The van der Waals surface area contributed by atoms with Gasteiger partial charge < -0.3 is 4.57 Å². The number of rotatable bonds is 4. The molecule has 0 fully saturated rings. The van der Waals surface area contributed by atoms with Gasteiger partial charge in [-0.3, -0.25) is 0 Å². The summed E-state index contributed by atoms with van der Waals surface area (Å²) in [5.74, 6) is 0. The molecule has 1 aromatic carbocycles. The van der Waals surface area contributed by atoms with Crippen molar-refractivity contribution in [2.75, 3.05) is 6.26 Å². The molecule has 2 aromatic rings. The Balaban J connectivity index is 2.18. The zero-order valence-electron chi connectivity index (χ0n) is 10.6. The molecule has 0 saturated heterocycles. The quantitative estimate of drug-likeness (QED) is 0.623.